The van der Waals surface area contributed by atoms with Gasteiger partial charge in [0.25, 0.3) is 0 Å². The lowest BCUT2D eigenvalue weighted by atomic mass is 10.1. The van der Waals surface area contributed by atoms with E-state index in [1.165, 1.54) is 0 Å². The number of rotatable bonds is 5. The third-order valence-corrected chi connectivity index (χ3v) is 2.67. The van der Waals surface area contributed by atoms with Crippen LogP contribution >= 0.6 is 0 Å². The SMILES string of the molecule is CCNc1ncc(F)c(NCc2cnccc2C)n1. The second-order valence-corrected chi connectivity index (χ2v) is 4.08. The van der Waals surface area contributed by atoms with E-state index in [1.54, 1.807) is 12.4 Å². The van der Waals surface area contributed by atoms with E-state index in [1.807, 2.05) is 19.9 Å². The van der Waals surface area contributed by atoms with Gasteiger partial charge in [0.15, 0.2) is 11.6 Å². The standard InChI is InChI=1S/C13H16FN5/c1-3-16-13-18-8-11(14)12(19-13)17-7-10-6-15-5-4-9(10)2/h4-6,8H,3,7H2,1-2H3,(H2,16,17,18,19). The summed E-state index contributed by atoms with van der Waals surface area (Å²) < 4.78 is 13.6. The van der Waals surface area contributed by atoms with Crippen LogP contribution in [0.3, 0.4) is 0 Å². The van der Waals surface area contributed by atoms with Gasteiger partial charge in [-0.25, -0.2) is 9.37 Å². The van der Waals surface area contributed by atoms with Crippen LogP contribution in [0.25, 0.3) is 0 Å². The van der Waals surface area contributed by atoms with Gasteiger partial charge in [0.2, 0.25) is 5.95 Å². The molecule has 2 N–H and O–H groups in total. The zero-order valence-corrected chi connectivity index (χ0v) is 10.9. The number of aryl methyl sites for hydroxylation is 1. The second kappa shape index (κ2) is 6.08. The Bertz CT molecular complexity index is 558. The molecule has 0 fully saturated rings. The molecule has 0 aromatic carbocycles. The molecule has 0 atom stereocenters. The number of hydrogen-bond acceptors (Lipinski definition) is 5. The predicted octanol–water partition coefficient (Wildman–Crippen LogP) is 2.36. The number of halogens is 1. The first-order valence-electron chi connectivity index (χ1n) is 6.10. The zero-order valence-electron chi connectivity index (χ0n) is 10.9. The van der Waals surface area contributed by atoms with Gasteiger partial charge in [-0.15, -0.1) is 0 Å². The maximum atomic E-state index is 13.6. The minimum absolute atomic E-state index is 0.189. The number of pyridine rings is 1. The Labute approximate surface area is 111 Å². The fraction of sp³-hybridized carbons (Fsp3) is 0.308. The molecule has 2 aromatic heterocycles. The Balaban J connectivity index is 2.10. The molecule has 0 aliphatic rings. The minimum atomic E-state index is -0.469. The van der Waals surface area contributed by atoms with Crippen LogP contribution in [0.15, 0.2) is 24.7 Å². The minimum Gasteiger partial charge on any atom is -0.363 e. The third-order valence-electron chi connectivity index (χ3n) is 2.67. The summed E-state index contributed by atoms with van der Waals surface area (Å²) in [6, 6.07) is 1.91. The summed E-state index contributed by atoms with van der Waals surface area (Å²) in [5, 5.41) is 5.91. The van der Waals surface area contributed by atoms with Crippen molar-refractivity contribution in [3.05, 3.63) is 41.6 Å². The molecule has 0 bridgehead atoms. The fourth-order valence-electron chi connectivity index (χ4n) is 1.60. The number of nitrogens with zero attached hydrogens (tertiary/aromatic N) is 3. The quantitative estimate of drug-likeness (QED) is 0.865. The monoisotopic (exact) mass is 261 g/mol. The smallest absolute Gasteiger partial charge is 0.224 e. The number of hydrogen-bond donors (Lipinski definition) is 2. The molecule has 0 radical (unpaired) electrons. The average molecular weight is 261 g/mol. The summed E-state index contributed by atoms with van der Waals surface area (Å²) in [5.74, 6) is 0.131. The van der Waals surface area contributed by atoms with Gasteiger partial charge in [0, 0.05) is 25.5 Å². The summed E-state index contributed by atoms with van der Waals surface area (Å²) in [6.07, 6.45) is 4.64. The molecule has 0 amide bonds. The van der Waals surface area contributed by atoms with Gasteiger partial charge in [0.05, 0.1) is 6.20 Å². The molecule has 0 aliphatic heterocycles. The van der Waals surface area contributed by atoms with Crippen molar-refractivity contribution in [2.75, 3.05) is 17.2 Å². The molecule has 6 heteroatoms. The first kappa shape index (κ1) is 13.2. The lowest BCUT2D eigenvalue weighted by molar-refractivity contribution is 0.617. The number of nitrogens with one attached hydrogen (secondary N) is 2. The van der Waals surface area contributed by atoms with Crippen molar-refractivity contribution in [1.29, 1.82) is 0 Å². The fourth-order valence-corrected chi connectivity index (χ4v) is 1.60. The van der Waals surface area contributed by atoms with Crippen LogP contribution in [0.1, 0.15) is 18.1 Å². The summed E-state index contributed by atoms with van der Waals surface area (Å²) in [6.45, 7) is 5.07. The van der Waals surface area contributed by atoms with E-state index < -0.39 is 5.82 Å². The highest BCUT2D eigenvalue weighted by Crippen LogP contribution is 2.14. The van der Waals surface area contributed by atoms with Gasteiger partial charge in [0.1, 0.15) is 0 Å². The molecule has 5 nitrogen and oxygen atoms in total. The van der Waals surface area contributed by atoms with Gasteiger partial charge >= 0.3 is 0 Å². The Morgan fingerprint density at radius 2 is 2.11 bits per heavy atom. The number of aromatic nitrogens is 3. The Hall–Kier alpha value is -2.24. The van der Waals surface area contributed by atoms with Crippen LogP contribution in [0.4, 0.5) is 16.2 Å². The average Bonchev–Trinajstić information content (AvgIpc) is 2.41. The zero-order chi connectivity index (χ0) is 13.7. The largest absolute Gasteiger partial charge is 0.363 e. The van der Waals surface area contributed by atoms with E-state index in [-0.39, 0.29) is 5.82 Å². The molecule has 0 unspecified atom stereocenters. The molecule has 19 heavy (non-hydrogen) atoms. The van der Waals surface area contributed by atoms with E-state index in [0.717, 1.165) is 17.3 Å². The highest BCUT2D eigenvalue weighted by atomic mass is 19.1. The maximum Gasteiger partial charge on any atom is 0.224 e. The van der Waals surface area contributed by atoms with Crippen LogP contribution in [0.2, 0.25) is 0 Å². The van der Waals surface area contributed by atoms with Gasteiger partial charge in [-0.2, -0.15) is 4.98 Å². The van der Waals surface area contributed by atoms with Crippen LogP contribution in [0.5, 0.6) is 0 Å². The van der Waals surface area contributed by atoms with Crippen molar-refractivity contribution in [2.45, 2.75) is 20.4 Å². The molecule has 0 saturated heterocycles. The van der Waals surface area contributed by atoms with Gasteiger partial charge in [-0.05, 0) is 31.0 Å². The van der Waals surface area contributed by atoms with Crippen molar-refractivity contribution in [1.82, 2.24) is 15.0 Å². The summed E-state index contributed by atoms with van der Waals surface area (Å²) in [5.41, 5.74) is 2.11. The van der Waals surface area contributed by atoms with Crippen molar-refractivity contribution < 1.29 is 4.39 Å². The number of anilines is 2. The van der Waals surface area contributed by atoms with Gasteiger partial charge in [-0.1, -0.05) is 0 Å². The molecule has 0 spiro atoms. The first-order chi connectivity index (χ1) is 9.20. The second-order valence-electron chi connectivity index (χ2n) is 4.08. The summed E-state index contributed by atoms with van der Waals surface area (Å²) in [4.78, 5) is 12.0. The molecule has 0 aliphatic carbocycles. The summed E-state index contributed by atoms with van der Waals surface area (Å²) in [7, 11) is 0. The van der Waals surface area contributed by atoms with E-state index in [4.69, 9.17) is 0 Å². The molecule has 0 saturated carbocycles. The Morgan fingerprint density at radius 3 is 2.84 bits per heavy atom. The van der Waals surface area contributed by atoms with E-state index in [9.17, 15) is 4.39 Å². The topological polar surface area (TPSA) is 62.7 Å². The molecule has 2 heterocycles. The highest BCUT2D eigenvalue weighted by molar-refractivity contribution is 5.42. The molecule has 100 valence electrons. The van der Waals surface area contributed by atoms with Gasteiger partial charge in [-0.3, -0.25) is 4.98 Å². The highest BCUT2D eigenvalue weighted by Gasteiger charge is 2.07. The van der Waals surface area contributed by atoms with Crippen LogP contribution in [-0.2, 0) is 6.54 Å². The van der Waals surface area contributed by atoms with Gasteiger partial charge < -0.3 is 10.6 Å². The van der Waals surface area contributed by atoms with Crippen molar-refractivity contribution in [3.8, 4) is 0 Å². The molecule has 2 rings (SSSR count). The first-order valence-corrected chi connectivity index (χ1v) is 6.10. The summed E-state index contributed by atoms with van der Waals surface area (Å²) >= 11 is 0. The van der Waals surface area contributed by atoms with Crippen LogP contribution in [0, 0.1) is 12.7 Å². The third kappa shape index (κ3) is 3.37. The lowest BCUT2D eigenvalue weighted by Crippen LogP contribution is -2.09. The molecular formula is C13H16FN5. The van der Waals surface area contributed by atoms with Crippen molar-refractivity contribution in [3.63, 3.8) is 0 Å². The van der Waals surface area contributed by atoms with E-state index >= 15 is 0 Å². The van der Waals surface area contributed by atoms with E-state index in [2.05, 4.69) is 25.6 Å². The lowest BCUT2D eigenvalue weighted by Gasteiger charge is -2.09. The Morgan fingerprint density at radius 1 is 1.26 bits per heavy atom. The van der Waals surface area contributed by atoms with Crippen molar-refractivity contribution >= 4 is 11.8 Å². The van der Waals surface area contributed by atoms with Crippen molar-refractivity contribution in [2.24, 2.45) is 0 Å². The maximum absolute atomic E-state index is 13.6. The van der Waals surface area contributed by atoms with E-state index in [0.29, 0.717) is 19.0 Å². The predicted molar refractivity (Wildman–Crippen MR) is 72.5 cm³/mol. The normalized spacial score (nSPS) is 10.3. The van der Waals surface area contributed by atoms with Crippen LogP contribution < -0.4 is 10.6 Å². The Kier molecular flexibility index (Phi) is 4.22. The molecule has 2 aromatic rings. The molecular weight excluding hydrogens is 245 g/mol. The van der Waals surface area contributed by atoms with Crippen LogP contribution in [-0.4, -0.2) is 21.5 Å².